The van der Waals surface area contributed by atoms with Gasteiger partial charge in [-0.1, -0.05) is 39.7 Å². The lowest BCUT2D eigenvalue weighted by molar-refractivity contribution is 0.448. The van der Waals surface area contributed by atoms with E-state index in [-0.39, 0.29) is 5.41 Å². The highest BCUT2D eigenvalue weighted by atomic mass is 16.3. The van der Waals surface area contributed by atoms with Gasteiger partial charge in [0.05, 0.1) is 0 Å². The number of rotatable bonds is 3. The normalized spacial score (nSPS) is 21.5. The minimum atomic E-state index is 0.221. The quantitative estimate of drug-likeness (QED) is 0.804. The van der Waals surface area contributed by atoms with E-state index in [1.54, 1.807) is 0 Å². The molecule has 1 aliphatic rings. The van der Waals surface area contributed by atoms with Crippen LogP contribution in [-0.2, 0) is 5.41 Å². The van der Waals surface area contributed by atoms with Gasteiger partial charge in [-0.2, -0.15) is 0 Å². The van der Waals surface area contributed by atoms with Gasteiger partial charge in [-0.3, -0.25) is 0 Å². The van der Waals surface area contributed by atoms with Crippen molar-refractivity contribution in [2.24, 2.45) is 0 Å². The van der Waals surface area contributed by atoms with Gasteiger partial charge >= 0.3 is 0 Å². The summed E-state index contributed by atoms with van der Waals surface area (Å²) >= 11 is 0. The zero-order valence-electron chi connectivity index (χ0n) is 11.5. The van der Waals surface area contributed by atoms with E-state index in [0.717, 1.165) is 5.56 Å². The van der Waals surface area contributed by atoms with Crippen molar-refractivity contribution in [3.8, 4) is 5.75 Å². The molecule has 94 valence electrons. The van der Waals surface area contributed by atoms with Crippen molar-refractivity contribution in [1.29, 1.82) is 0 Å². The number of hydrogen-bond acceptors (Lipinski definition) is 1. The Bertz CT molecular complexity index is 418. The molecule has 0 heterocycles. The molecule has 0 fully saturated rings. The maximum absolute atomic E-state index is 9.88. The van der Waals surface area contributed by atoms with E-state index < -0.39 is 0 Å². The Morgan fingerprint density at radius 1 is 1.35 bits per heavy atom. The van der Waals surface area contributed by atoms with Crippen LogP contribution in [0.15, 0.2) is 12.1 Å². The van der Waals surface area contributed by atoms with E-state index in [1.807, 2.05) is 13.0 Å². The monoisotopic (exact) mass is 232 g/mol. The summed E-state index contributed by atoms with van der Waals surface area (Å²) in [5, 5.41) is 9.88. The molecule has 0 bridgehead atoms. The van der Waals surface area contributed by atoms with E-state index in [1.165, 1.54) is 36.8 Å². The highest BCUT2D eigenvalue weighted by Crippen LogP contribution is 2.49. The summed E-state index contributed by atoms with van der Waals surface area (Å²) in [5.74, 6) is 1.15. The maximum Gasteiger partial charge on any atom is 0.118 e. The van der Waals surface area contributed by atoms with Gasteiger partial charge in [0.1, 0.15) is 5.75 Å². The van der Waals surface area contributed by atoms with E-state index in [9.17, 15) is 5.11 Å². The average molecular weight is 232 g/mol. The zero-order chi connectivity index (χ0) is 12.6. The predicted octanol–water partition coefficient (Wildman–Crippen LogP) is 4.66. The highest BCUT2D eigenvalue weighted by Gasteiger charge is 2.36. The number of benzene rings is 1. The summed E-state index contributed by atoms with van der Waals surface area (Å²) < 4.78 is 0. The summed E-state index contributed by atoms with van der Waals surface area (Å²) in [6.07, 6.45) is 5.09. The van der Waals surface area contributed by atoms with Crippen LogP contribution in [0.4, 0.5) is 0 Å². The van der Waals surface area contributed by atoms with Crippen LogP contribution in [0, 0.1) is 6.92 Å². The molecule has 2 rings (SSSR count). The van der Waals surface area contributed by atoms with Crippen molar-refractivity contribution in [1.82, 2.24) is 0 Å². The largest absolute Gasteiger partial charge is 0.508 e. The third-order valence-corrected chi connectivity index (χ3v) is 4.20. The molecule has 1 nitrogen and oxygen atoms in total. The van der Waals surface area contributed by atoms with E-state index in [0.29, 0.717) is 11.7 Å². The van der Waals surface area contributed by atoms with E-state index in [4.69, 9.17) is 0 Å². The molecule has 0 amide bonds. The Kier molecular flexibility index (Phi) is 3.20. The number of aromatic hydroxyl groups is 1. The lowest BCUT2D eigenvalue weighted by Crippen LogP contribution is -2.12. The zero-order valence-corrected chi connectivity index (χ0v) is 11.5. The molecular formula is C16H24O. The fraction of sp³-hybridized carbons (Fsp3) is 0.625. The van der Waals surface area contributed by atoms with E-state index >= 15 is 0 Å². The van der Waals surface area contributed by atoms with Crippen molar-refractivity contribution in [3.63, 3.8) is 0 Å². The van der Waals surface area contributed by atoms with Crippen molar-refractivity contribution in [2.45, 2.75) is 64.7 Å². The summed E-state index contributed by atoms with van der Waals surface area (Å²) in [7, 11) is 0. The van der Waals surface area contributed by atoms with Crippen molar-refractivity contribution in [2.75, 3.05) is 0 Å². The molecule has 1 aliphatic carbocycles. The predicted molar refractivity (Wildman–Crippen MR) is 72.8 cm³/mol. The van der Waals surface area contributed by atoms with Gasteiger partial charge in [-0.15, -0.1) is 0 Å². The lowest BCUT2D eigenvalue weighted by Gasteiger charge is -2.19. The number of phenolic OH excluding ortho intramolecular Hbond substituents is 1. The minimum absolute atomic E-state index is 0.221. The summed E-state index contributed by atoms with van der Waals surface area (Å²) in [6.45, 7) is 8.85. The Morgan fingerprint density at radius 2 is 2.06 bits per heavy atom. The van der Waals surface area contributed by atoms with Gasteiger partial charge in [0, 0.05) is 0 Å². The van der Waals surface area contributed by atoms with Gasteiger partial charge in [0.25, 0.3) is 0 Å². The lowest BCUT2D eigenvalue weighted by atomic mass is 9.85. The molecule has 1 aromatic carbocycles. The van der Waals surface area contributed by atoms with Crippen LogP contribution in [0.3, 0.4) is 0 Å². The van der Waals surface area contributed by atoms with Crippen LogP contribution in [0.1, 0.15) is 69.1 Å². The van der Waals surface area contributed by atoms with Gasteiger partial charge < -0.3 is 5.11 Å². The molecule has 0 aliphatic heterocycles. The Labute approximate surface area is 105 Å². The second-order valence-corrected chi connectivity index (χ2v) is 6.15. The first kappa shape index (κ1) is 12.5. The van der Waals surface area contributed by atoms with Crippen LogP contribution in [0.5, 0.6) is 5.75 Å². The fourth-order valence-electron chi connectivity index (χ4n) is 3.19. The summed E-state index contributed by atoms with van der Waals surface area (Å²) in [4.78, 5) is 0. The van der Waals surface area contributed by atoms with Gasteiger partial charge in [-0.25, -0.2) is 0 Å². The maximum atomic E-state index is 9.88. The molecule has 1 aromatic rings. The number of unbranched alkanes of at least 4 members (excludes halogenated alkanes) is 1. The first-order valence-electron chi connectivity index (χ1n) is 6.79. The number of hydrogen-bond donors (Lipinski definition) is 1. The van der Waals surface area contributed by atoms with Crippen molar-refractivity contribution >= 4 is 0 Å². The molecular weight excluding hydrogens is 208 g/mol. The second kappa shape index (κ2) is 4.36. The average Bonchev–Trinajstić information content (AvgIpc) is 2.49. The van der Waals surface area contributed by atoms with Gasteiger partial charge in [0.2, 0.25) is 0 Å². The van der Waals surface area contributed by atoms with Crippen LogP contribution in [0.2, 0.25) is 0 Å². The first-order valence-corrected chi connectivity index (χ1v) is 6.79. The molecule has 1 heteroatoms. The molecule has 0 saturated heterocycles. The molecule has 0 radical (unpaired) electrons. The molecule has 0 saturated carbocycles. The molecule has 17 heavy (non-hydrogen) atoms. The van der Waals surface area contributed by atoms with Gasteiger partial charge in [0.15, 0.2) is 0 Å². The molecule has 1 atom stereocenters. The summed E-state index contributed by atoms with van der Waals surface area (Å²) in [6, 6.07) is 4.20. The standard InChI is InChI=1S/C16H24O/c1-5-6-7-12-10-16(3,4)14-9-15(17)11(2)8-13(12)14/h8-9,12,17H,5-7,10H2,1-4H3. The third-order valence-electron chi connectivity index (χ3n) is 4.20. The number of aryl methyl sites for hydroxylation is 1. The Morgan fingerprint density at radius 3 is 2.71 bits per heavy atom. The van der Waals surface area contributed by atoms with Gasteiger partial charge in [-0.05, 0) is 53.9 Å². The summed E-state index contributed by atoms with van der Waals surface area (Å²) in [5.41, 5.74) is 4.09. The number of fused-ring (bicyclic) bond motifs is 1. The Hall–Kier alpha value is -0.980. The van der Waals surface area contributed by atoms with Crippen LogP contribution >= 0.6 is 0 Å². The minimum Gasteiger partial charge on any atom is -0.508 e. The van der Waals surface area contributed by atoms with Crippen LogP contribution < -0.4 is 0 Å². The molecule has 1 unspecified atom stereocenters. The first-order chi connectivity index (χ1) is 7.95. The smallest absolute Gasteiger partial charge is 0.118 e. The van der Waals surface area contributed by atoms with Crippen LogP contribution in [-0.4, -0.2) is 5.11 Å². The number of phenols is 1. The van der Waals surface area contributed by atoms with Crippen molar-refractivity contribution < 1.29 is 5.11 Å². The SMILES string of the molecule is CCCCC1CC(C)(C)c2cc(O)c(C)cc21. The second-order valence-electron chi connectivity index (χ2n) is 6.15. The van der Waals surface area contributed by atoms with Crippen molar-refractivity contribution in [3.05, 3.63) is 28.8 Å². The van der Waals surface area contributed by atoms with Crippen LogP contribution in [0.25, 0.3) is 0 Å². The third kappa shape index (κ3) is 2.20. The fourth-order valence-corrected chi connectivity index (χ4v) is 3.19. The Balaban J connectivity index is 2.39. The highest BCUT2D eigenvalue weighted by molar-refractivity contribution is 5.49. The molecule has 1 N–H and O–H groups in total. The topological polar surface area (TPSA) is 20.2 Å². The van der Waals surface area contributed by atoms with E-state index in [2.05, 4.69) is 26.8 Å². The molecule has 0 aromatic heterocycles. The molecule has 0 spiro atoms.